The molecule has 4 heterocycles. The molecule has 0 aliphatic carbocycles. The number of nitrogens with one attached hydrogen (secondary N) is 3. The first-order valence-electron chi connectivity index (χ1n) is 33.8. The van der Waals surface area contributed by atoms with Crippen LogP contribution >= 0.6 is 148 Å². The van der Waals surface area contributed by atoms with Gasteiger partial charge in [-0.05, 0) is 348 Å². The zero-order valence-corrected chi connectivity index (χ0v) is 77.2. The number of likely N-dealkylation sites (N-methyl/N-ethyl adjacent to an activating group) is 3. The molecule has 9 aromatic rings. The fourth-order valence-corrected chi connectivity index (χ4v) is 16.2. The number of phenols is 4. The Labute approximate surface area is 754 Å². The number of aliphatic carboxylic acids is 1. The number of aromatic nitrogens is 4. The molecule has 4 aromatic heterocycles. The second-order valence-electron chi connectivity index (χ2n) is 24.1. The third-order valence-electron chi connectivity index (χ3n) is 16.0. The predicted molar refractivity (Wildman–Crippen MR) is 494 cm³/mol. The van der Waals surface area contributed by atoms with Crippen LogP contribution in [0, 0.1) is 21.4 Å². The number of carbonyl (C=O) groups excluding carboxylic acids is 4. The van der Waals surface area contributed by atoms with Gasteiger partial charge >= 0.3 is 40.4 Å². The first-order valence-corrected chi connectivity index (χ1v) is 41.6. The van der Waals surface area contributed by atoms with Gasteiger partial charge in [-0.2, -0.15) is 8.42 Å². The van der Waals surface area contributed by atoms with E-state index < -0.39 is 52.6 Å². The van der Waals surface area contributed by atoms with Crippen molar-refractivity contribution >= 4 is 237 Å². The molecule has 0 amide bonds. The van der Waals surface area contributed by atoms with Gasteiger partial charge in [0.1, 0.15) is 53.2 Å². The highest BCUT2D eigenvalue weighted by Gasteiger charge is 2.24. The number of ether oxygens (including phenoxy) is 4. The van der Waals surface area contributed by atoms with Crippen LogP contribution in [-0.2, 0) is 85.5 Å². The second-order valence-corrected chi connectivity index (χ2v) is 32.0. The molecular weight excluding hydrogens is 2210 g/mol. The molecule has 26 nitrogen and oxygen atoms in total. The highest BCUT2D eigenvalue weighted by molar-refractivity contribution is 14.1. The van der Waals surface area contributed by atoms with Crippen LogP contribution in [0.5, 0.6) is 28.7 Å². The van der Waals surface area contributed by atoms with Crippen LogP contribution in [0.4, 0.5) is 3.89 Å². The van der Waals surface area contributed by atoms with Crippen LogP contribution < -0.4 is 31.6 Å². The average molecular weight is 2290 g/mol. The predicted octanol–water partition coefficient (Wildman–Crippen LogP) is 13.1. The number of hydrogen-bond donors (Lipinski definition) is 10. The third kappa shape index (κ3) is 34.5. The van der Waals surface area contributed by atoms with Crippen molar-refractivity contribution in [2.45, 2.75) is 62.3 Å². The molecule has 0 saturated heterocycles. The van der Waals surface area contributed by atoms with E-state index >= 15 is 0 Å². The molecule has 115 heavy (non-hydrogen) atoms. The fourth-order valence-electron chi connectivity index (χ4n) is 10.1. The number of carboxylic acid groups (broad SMARTS) is 1. The van der Waals surface area contributed by atoms with Gasteiger partial charge in [0.05, 0.1) is 49.9 Å². The lowest BCUT2D eigenvalue weighted by Gasteiger charge is -2.16. The molecule has 0 saturated carbocycles. The molecule has 5 aromatic carbocycles. The summed E-state index contributed by atoms with van der Waals surface area (Å²) >= 11 is 12.2. The van der Waals surface area contributed by atoms with Crippen molar-refractivity contribution in [3.05, 3.63) is 253 Å². The smallest absolute Gasteiger partial charge is 0.488 e. The molecular formula is C80H83ClFI6N9O17S. The number of carbonyl (C=O) groups is 5. The van der Waals surface area contributed by atoms with E-state index in [1.807, 2.05) is 163 Å². The van der Waals surface area contributed by atoms with Gasteiger partial charge in [0, 0.05) is 71.8 Å². The van der Waals surface area contributed by atoms with Gasteiger partial charge in [0.25, 0.3) is 0 Å². The summed E-state index contributed by atoms with van der Waals surface area (Å²) < 4.78 is 64.8. The van der Waals surface area contributed by atoms with E-state index in [0.29, 0.717) is 54.2 Å². The minimum Gasteiger partial charge on any atom is -0.507 e. The molecule has 0 radical (unpaired) electrons. The number of methoxy groups -OCH3 is 4. The Balaban J connectivity index is 0.000000316. The number of pyridine rings is 4. The van der Waals surface area contributed by atoms with Crippen LogP contribution in [0.25, 0.3) is 48.6 Å². The van der Waals surface area contributed by atoms with E-state index in [2.05, 4.69) is 85.8 Å². The summed E-state index contributed by atoms with van der Waals surface area (Å²) in [5.41, 5.74) is 20.8. The molecule has 0 spiro atoms. The Morgan fingerprint density at radius 2 is 0.635 bits per heavy atom. The van der Waals surface area contributed by atoms with E-state index in [1.165, 1.54) is 28.4 Å². The normalized spacial score (nSPS) is 12.3. The monoisotopic (exact) mass is 2290 g/mol. The lowest BCUT2D eigenvalue weighted by molar-refractivity contribution is -0.143. The Hall–Kier alpha value is -7.64. The zero-order valence-electron chi connectivity index (χ0n) is 62.6. The Morgan fingerprint density at radius 3 is 0.878 bits per heavy atom. The van der Waals surface area contributed by atoms with Crippen LogP contribution in [0.1, 0.15) is 72.3 Å². The van der Waals surface area contributed by atoms with Crippen LogP contribution in [-0.4, -0.2) is 164 Å². The van der Waals surface area contributed by atoms with E-state index in [9.17, 15) is 56.7 Å². The van der Waals surface area contributed by atoms with Crippen molar-refractivity contribution in [1.29, 1.82) is 0 Å². The summed E-state index contributed by atoms with van der Waals surface area (Å²) in [4.78, 5) is 73.3. The summed E-state index contributed by atoms with van der Waals surface area (Å²) in [5.74, 6) is -1.78. The summed E-state index contributed by atoms with van der Waals surface area (Å²) in [6, 6.07) is 29.3. The Morgan fingerprint density at radius 1 is 0.400 bits per heavy atom. The lowest BCUT2D eigenvalue weighted by atomic mass is 9.97. The van der Waals surface area contributed by atoms with Crippen LogP contribution in [0.2, 0.25) is 0 Å². The molecule has 9 rings (SSSR count). The number of rotatable bonds is 28. The van der Waals surface area contributed by atoms with E-state index in [0.717, 1.165) is 58.8 Å². The quantitative estimate of drug-likeness (QED) is 0.00942. The molecule has 5 atom stereocenters. The highest BCUT2D eigenvalue weighted by atomic mass is 127. The number of halogens is 8. The lowest BCUT2D eigenvalue weighted by Crippen LogP contribution is -2.36. The number of aromatic hydroxyl groups is 4. The summed E-state index contributed by atoms with van der Waals surface area (Å²) in [7, 11) is 5.09. The van der Waals surface area contributed by atoms with Crippen molar-refractivity contribution in [3.63, 3.8) is 0 Å². The molecule has 0 aliphatic rings. The van der Waals surface area contributed by atoms with Gasteiger partial charge in [-0.3, -0.25) is 43.9 Å². The summed E-state index contributed by atoms with van der Waals surface area (Å²) in [5, 5.41) is 57.1. The molecule has 0 aliphatic heterocycles. The summed E-state index contributed by atoms with van der Waals surface area (Å²) in [6.07, 6.45) is 29.3. The second kappa shape index (κ2) is 51.5. The molecule has 0 fully saturated rings. The maximum atomic E-state index is 13.7. The number of phenolic OH excluding ortho intramolecular Hbond substituents is 4. The summed E-state index contributed by atoms with van der Waals surface area (Å²) in [6.45, 7) is 0. The maximum absolute atomic E-state index is 13.7. The maximum Gasteiger partial charge on any atom is 0.488 e. The number of esters is 4. The largest absolute Gasteiger partial charge is 0.507 e. The SMILES string of the molecule is CN[C@@H](Cc1cc(/C=C/c2ccncc2)c(O)c(/C=C/c2ccncc2)c1)C(=O)OC.CN[C@@H](Cc1cc(/C=C/c2ccncc2)c(OS(=O)(=O)F)c(/C=C/c2ccncc2)c1)C(=O)OC.CN[C@@H](Cc1cc(I)c(O)c(I)c1)C(=O)OC.COC(=O)[C@@H](N)Cc1cc(I)c(O)c(I)c1.Cl.NC(Cc1cc(I)c(O)c(I)c1)C(=O)O. The van der Waals surface area contributed by atoms with Gasteiger partial charge in [-0.15, -0.1) is 12.4 Å². The Kier molecular flexibility index (Phi) is 44.7. The first-order chi connectivity index (χ1) is 54.2. The van der Waals surface area contributed by atoms with Gasteiger partial charge in [-0.25, -0.2) is 0 Å². The highest BCUT2D eigenvalue weighted by Crippen LogP contribution is 2.35. The van der Waals surface area contributed by atoms with Crippen molar-refractivity contribution in [3.8, 4) is 28.7 Å². The minimum atomic E-state index is -5.32. The van der Waals surface area contributed by atoms with Gasteiger partial charge in [0.2, 0.25) is 0 Å². The number of nitrogens with two attached hydrogens (primary N) is 2. The van der Waals surface area contributed by atoms with E-state index in [1.54, 1.807) is 156 Å². The number of carboxylic acids is 1. The van der Waals surface area contributed by atoms with Crippen molar-refractivity contribution in [2.24, 2.45) is 11.5 Å². The Bertz CT molecular complexity index is 4750. The van der Waals surface area contributed by atoms with Gasteiger partial charge < -0.3 is 76.1 Å². The van der Waals surface area contributed by atoms with Crippen LogP contribution in [0.15, 0.2) is 159 Å². The van der Waals surface area contributed by atoms with Crippen LogP contribution in [0.3, 0.4) is 0 Å². The molecule has 12 N–H and O–H groups in total. The number of hydrogen-bond acceptors (Lipinski definition) is 25. The number of nitrogens with zero attached hydrogens (tertiary/aromatic N) is 4. The first kappa shape index (κ1) is 99.7. The van der Waals surface area contributed by atoms with E-state index in [-0.39, 0.29) is 72.0 Å². The average Bonchev–Trinajstić information content (AvgIpc) is 0.816. The standard InChI is InChI=1S/C25H24FN3O5S.C25H25N3O3.C11H13I2NO3.C10H11I2NO3.C9H9I2NO3.ClH/c1-27-23(25(30)33-2)17-20-15-21(5-3-18-7-11-28-12-8-18)24(34-35(26,31)32)22(16-20)6-4-19-9-13-29-14-10-19;1-26-23(25(30)31-2)17-20-15-21(5-3-18-7-11-27-12-8-18)24(29)22(16-20)6-4-19-9-13-28-14-10-19;1-14-9(11(16)17-2)5-6-3-7(12)10(15)8(13)4-6;1-16-10(15)8(13)4-5-2-6(11)9(14)7(12)3-5;10-5-1-4(2-6(11)8(5)13)3-7(12)9(14)15;/h3-16,23,27H,17H2,1-2H3;3-16,23,26,29H,17H2,1-2H3;3-4,9,14-15H,5H2,1-2H3;2-3,8,14H,4,13H2,1H3;1-2,7,13H,3,12H2,(H,14,15);1H/b2*5-3+,6-4+;;;;/t2*23-;9-;8-;;/m0000../s1. The third-order valence-corrected chi connectivity index (χ3v) is 21.3. The van der Waals surface area contributed by atoms with Gasteiger partial charge in [0.15, 0.2) is 5.75 Å². The van der Waals surface area contributed by atoms with Gasteiger partial charge in [-0.1, -0.05) is 52.5 Å². The van der Waals surface area contributed by atoms with Crippen molar-refractivity contribution in [2.75, 3.05) is 49.6 Å². The van der Waals surface area contributed by atoms with E-state index in [4.69, 9.17) is 35.0 Å². The van der Waals surface area contributed by atoms with Crippen molar-refractivity contribution < 1.29 is 84.9 Å². The minimum absolute atomic E-state index is 0. The zero-order chi connectivity index (χ0) is 84.2. The number of benzene rings is 5. The molecule has 0 bridgehead atoms. The molecule has 35 heteroatoms. The molecule has 612 valence electrons. The molecule has 1 unspecified atom stereocenters. The topological polar surface area (TPSA) is 406 Å². The van der Waals surface area contributed by atoms with Crippen molar-refractivity contribution in [1.82, 2.24) is 35.9 Å². The fraction of sp³-hybridized carbons (Fsp3) is 0.212.